The number of halogens is 1. The van der Waals surface area contributed by atoms with Gasteiger partial charge >= 0.3 is 5.97 Å². The van der Waals surface area contributed by atoms with Crippen molar-refractivity contribution in [3.05, 3.63) is 28.3 Å². The first kappa shape index (κ1) is 16.0. The van der Waals surface area contributed by atoms with Crippen molar-refractivity contribution in [3.8, 4) is 5.75 Å². The summed E-state index contributed by atoms with van der Waals surface area (Å²) in [6.07, 6.45) is 1.67. The molecule has 1 unspecified atom stereocenters. The Labute approximate surface area is 132 Å². The van der Waals surface area contributed by atoms with Gasteiger partial charge in [0, 0.05) is 22.8 Å². The maximum absolute atomic E-state index is 10.9. The van der Waals surface area contributed by atoms with Crippen molar-refractivity contribution in [2.45, 2.75) is 24.6 Å². The van der Waals surface area contributed by atoms with Crippen LogP contribution in [0, 0.1) is 0 Å². The lowest BCUT2D eigenvalue weighted by Gasteiger charge is -2.12. The summed E-state index contributed by atoms with van der Waals surface area (Å²) >= 11 is 7.68. The average Bonchev–Trinajstić information content (AvgIpc) is 2.89. The molecular weight excluding hydrogens is 314 g/mol. The molecule has 1 aliphatic rings. The van der Waals surface area contributed by atoms with Crippen molar-refractivity contribution in [3.63, 3.8) is 0 Å². The van der Waals surface area contributed by atoms with Gasteiger partial charge < -0.3 is 15.2 Å². The van der Waals surface area contributed by atoms with Crippen LogP contribution in [0.2, 0.25) is 5.02 Å². The molecule has 0 bridgehead atoms. The third-order valence-corrected chi connectivity index (χ3v) is 4.46. The van der Waals surface area contributed by atoms with E-state index in [0.29, 0.717) is 36.0 Å². The molecule has 0 saturated heterocycles. The molecule has 1 aliphatic heterocycles. The minimum Gasteiger partial charge on any atom is -0.493 e. The summed E-state index contributed by atoms with van der Waals surface area (Å²) in [6.45, 7) is 0.678. The Balaban J connectivity index is 1.87. The third-order valence-electron chi connectivity index (χ3n) is 3.20. The molecule has 1 atom stereocenters. The molecule has 1 amide bonds. The molecule has 21 heavy (non-hydrogen) atoms. The Morgan fingerprint density at radius 2 is 2.38 bits per heavy atom. The minimum absolute atomic E-state index is 0.377. The van der Waals surface area contributed by atoms with Crippen LogP contribution in [-0.4, -0.2) is 35.9 Å². The van der Waals surface area contributed by atoms with Crippen molar-refractivity contribution in [1.82, 2.24) is 5.32 Å². The summed E-state index contributed by atoms with van der Waals surface area (Å²) in [5.74, 6) is 1.22. The van der Waals surface area contributed by atoms with Crippen molar-refractivity contribution < 1.29 is 19.4 Å². The summed E-state index contributed by atoms with van der Waals surface area (Å²) in [5, 5.41) is 11.9. The zero-order chi connectivity index (χ0) is 15.2. The van der Waals surface area contributed by atoms with Crippen LogP contribution in [0.4, 0.5) is 0 Å². The van der Waals surface area contributed by atoms with Gasteiger partial charge in [0.15, 0.2) is 0 Å². The van der Waals surface area contributed by atoms with E-state index < -0.39 is 12.0 Å². The standard InChI is InChI=1S/C14H16ClNO4S/c15-11-5-9-1-3-20-13(9)10(6-11)7-21-4-2-12(14(18)19)16-8-17/h5-6,8,12H,1-4,7H2,(H,16,17)(H,18,19). The number of ether oxygens (including phenoxy) is 1. The molecule has 2 rings (SSSR count). The number of carboxylic acids is 1. The Morgan fingerprint density at radius 1 is 1.57 bits per heavy atom. The summed E-state index contributed by atoms with van der Waals surface area (Å²) in [4.78, 5) is 21.2. The quantitative estimate of drug-likeness (QED) is 0.564. The van der Waals surface area contributed by atoms with Crippen LogP contribution in [0.1, 0.15) is 17.5 Å². The van der Waals surface area contributed by atoms with Gasteiger partial charge in [-0.3, -0.25) is 4.79 Å². The van der Waals surface area contributed by atoms with E-state index in [9.17, 15) is 9.59 Å². The number of thioether (sulfide) groups is 1. The van der Waals surface area contributed by atoms with Gasteiger partial charge in [0.05, 0.1) is 6.61 Å². The SMILES string of the molecule is O=CNC(CCSCc1cc(Cl)cc2c1OCC2)C(=O)O. The number of rotatable bonds is 8. The normalized spacial score (nSPS) is 14.1. The van der Waals surface area contributed by atoms with Crippen molar-refractivity contribution in [2.75, 3.05) is 12.4 Å². The number of benzene rings is 1. The monoisotopic (exact) mass is 329 g/mol. The molecule has 0 saturated carbocycles. The fraction of sp³-hybridized carbons (Fsp3) is 0.429. The van der Waals surface area contributed by atoms with Gasteiger partial charge in [0.25, 0.3) is 0 Å². The van der Waals surface area contributed by atoms with Crippen LogP contribution >= 0.6 is 23.4 Å². The predicted molar refractivity (Wildman–Crippen MR) is 82.1 cm³/mol. The average molecular weight is 330 g/mol. The largest absolute Gasteiger partial charge is 0.493 e. The fourth-order valence-electron chi connectivity index (χ4n) is 2.20. The number of carboxylic acid groups (broad SMARTS) is 1. The van der Waals surface area contributed by atoms with E-state index in [4.69, 9.17) is 21.4 Å². The molecule has 0 spiro atoms. The summed E-state index contributed by atoms with van der Waals surface area (Å²) in [5.41, 5.74) is 2.17. The Bertz CT molecular complexity index is 538. The van der Waals surface area contributed by atoms with Crippen LogP contribution in [-0.2, 0) is 21.8 Å². The highest BCUT2D eigenvalue weighted by atomic mass is 35.5. The van der Waals surface area contributed by atoms with Crippen molar-refractivity contribution >= 4 is 35.7 Å². The molecule has 2 N–H and O–H groups in total. The summed E-state index contributed by atoms with van der Waals surface area (Å²) < 4.78 is 5.61. The molecular formula is C14H16ClNO4S. The van der Waals surface area contributed by atoms with Gasteiger partial charge in [-0.15, -0.1) is 0 Å². The van der Waals surface area contributed by atoms with Crippen molar-refractivity contribution in [1.29, 1.82) is 0 Å². The maximum Gasteiger partial charge on any atom is 0.326 e. The van der Waals surface area contributed by atoms with E-state index in [2.05, 4.69) is 5.32 Å². The van der Waals surface area contributed by atoms with E-state index in [0.717, 1.165) is 23.3 Å². The van der Waals surface area contributed by atoms with Crippen LogP contribution < -0.4 is 10.1 Å². The summed E-state index contributed by atoms with van der Waals surface area (Å²) in [7, 11) is 0. The predicted octanol–water partition coefficient (Wildman–Crippen LogP) is 2.10. The molecule has 1 aromatic rings. The number of hydrogen-bond donors (Lipinski definition) is 2. The van der Waals surface area contributed by atoms with E-state index >= 15 is 0 Å². The molecule has 0 aliphatic carbocycles. The van der Waals surface area contributed by atoms with E-state index in [1.165, 1.54) is 0 Å². The fourth-order valence-corrected chi connectivity index (χ4v) is 3.44. The number of hydrogen-bond acceptors (Lipinski definition) is 4. The van der Waals surface area contributed by atoms with Crippen LogP contribution in [0.25, 0.3) is 0 Å². The highest BCUT2D eigenvalue weighted by molar-refractivity contribution is 7.98. The highest BCUT2D eigenvalue weighted by Gasteiger charge is 2.18. The van der Waals surface area contributed by atoms with Crippen molar-refractivity contribution in [2.24, 2.45) is 0 Å². The van der Waals surface area contributed by atoms with E-state index in [-0.39, 0.29) is 0 Å². The third kappa shape index (κ3) is 4.28. The zero-order valence-corrected chi connectivity index (χ0v) is 12.9. The second-order valence-electron chi connectivity index (χ2n) is 4.67. The number of amides is 1. The van der Waals surface area contributed by atoms with Gasteiger partial charge in [0.1, 0.15) is 11.8 Å². The topological polar surface area (TPSA) is 75.6 Å². The second kappa shape index (κ2) is 7.56. The first-order valence-corrected chi connectivity index (χ1v) is 8.09. The lowest BCUT2D eigenvalue weighted by atomic mass is 10.1. The molecule has 0 aromatic heterocycles. The summed E-state index contributed by atoms with van der Waals surface area (Å²) in [6, 6.07) is 2.97. The highest BCUT2D eigenvalue weighted by Crippen LogP contribution is 2.35. The Morgan fingerprint density at radius 3 is 3.10 bits per heavy atom. The molecule has 5 nitrogen and oxygen atoms in total. The first-order chi connectivity index (χ1) is 10.1. The maximum atomic E-state index is 10.9. The Kier molecular flexibility index (Phi) is 5.76. The van der Waals surface area contributed by atoms with Gasteiger partial charge in [-0.05, 0) is 29.9 Å². The van der Waals surface area contributed by atoms with Crippen LogP contribution in [0.5, 0.6) is 5.75 Å². The number of aliphatic carboxylic acids is 1. The number of carbonyl (C=O) groups is 2. The molecule has 7 heteroatoms. The first-order valence-electron chi connectivity index (χ1n) is 6.56. The van der Waals surface area contributed by atoms with Crippen LogP contribution in [0.3, 0.4) is 0 Å². The Hall–Kier alpha value is -1.40. The van der Waals surface area contributed by atoms with Gasteiger partial charge in [-0.25, -0.2) is 4.79 Å². The number of carbonyl (C=O) groups excluding carboxylic acids is 1. The number of fused-ring (bicyclic) bond motifs is 1. The van der Waals surface area contributed by atoms with E-state index in [1.807, 2.05) is 12.1 Å². The van der Waals surface area contributed by atoms with Gasteiger partial charge in [-0.2, -0.15) is 11.8 Å². The van der Waals surface area contributed by atoms with Gasteiger partial charge in [0.2, 0.25) is 6.41 Å². The zero-order valence-electron chi connectivity index (χ0n) is 11.3. The smallest absolute Gasteiger partial charge is 0.326 e. The molecule has 1 heterocycles. The van der Waals surface area contributed by atoms with Gasteiger partial charge in [-0.1, -0.05) is 11.6 Å². The second-order valence-corrected chi connectivity index (χ2v) is 6.21. The van der Waals surface area contributed by atoms with E-state index in [1.54, 1.807) is 11.8 Å². The number of nitrogens with one attached hydrogen (secondary N) is 1. The molecule has 0 fully saturated rings. The molecule has 114 valence electrons. The molecule has 0 radical (unpaired) electrons. The van der Waals surface area contributed by atoms with Crippen LogP contribution in [0.15, 0.2) is 12.1 Å². The lowest BCUT2D eigenvalue weighted by Crippen LogP contribution is -2.36. The minimum atomic E-state index is -1.02. The lowest BCUT2D eigenvalue weighted by molar-refractivity contribution is -0.140. The molecule has 1 aromatic carbocycles.